The van der Waals surface area contributed by atoms with E-state index < -0.39 is 0 Å². The Kier molecular flexibility index (Phi) is 4.74. The third-order valence-corrected chi connectivity index (χ3v) is 2.56. The number of aromatic nitrogens is 1. The van der Waals surface area contributed by atoms with Crippen LogP contribution in [0.3, 0.4) is 0 Å². The zero-order valence-electron chi connectivity index (χ0n) is 9.96. The van der Waals surface area contributed by atoms with Crippen LogP contribution in [-0.4, -0.2) is 29.4 Å². The molecule has 88 valence electrons. The summed E-state index contributed by atoms with van der Waals surface area (Å²) in [6, 6.07) is 3.43. The van der Waals surface area contributed by atoms with Gasteiger partial charge in [-0.3, -0.25) is 4.79 Å². The van der Waals surface area contributed by atoms with Crippen molar-refractivity contribution in [3.05, 3.63) is 28.5 Å². The van der Waals surface area contributed by atoms with Crippen LogP contribution >= 0.6 is 11.6 Å². The van der Waals surface area contributed by atoms with Gasteiger partial charge in [0, 0.05) is 24.8 Å². The molecule has 0 bridgehead atoms. The molecule has 0 unspecified atom stereocenters. The second kappa shape index (κ2) is 5.85. The van der Waals surface area contributed by atoms with Gasteiger partial charge in [-0.25, -0.2) is 4.98 Å². The Morgan fingerprint density at radius 2 is 2.12 bits per heavy atom. The average molecular weight is 241 g/mol. The minimum atomic E-state index is 0.000787. The molecule has 1 amide bonds. The van der Waals surface area contributed by atoms with Crippen LogP contribution in [0.5, 0.6) is 0 Å². The topological polar surface area (TPSA) is 33.2 Å². The van der Waals surface area contributed by atoms with Crippen LogP contribution in [0.25, 0.3) is 0 Å². The average Bonchev–Trinajstić information content (AvgIpc) is 2.27. The number of rotatable bonds is 4. The molecule has 1 aromatic heterocycles. The van der Waals surface area contributed by atoms with E-state index in [1.54, 1.807) is 24.1 Å². The number of carbonyl (C=O) groups excluding carboxylic acids is 1. The molecular weight excluding hydrogens is 224 g/mol. The number of carbonyl (C=O) groups is 1. The van der Waals surface area contributed by atoms with Crippen molar-refractivity contribution in [3.8, 4) is 0 Å². The lowest BCUT2D eigenvalue weighted by molar-refractivity contribution is 0.0795. The van der Waals surface area contributed by atoms with E-state index in [4.69, 9.17) is 11.6 Å². The Labute approximate surface area is 101 Å². The van der Waals surface area contributed by atoms with Gasteiger partial charge in [-0.15, -0.1) is 0 Å². The fraction of sp³-hybridized carbons (Fsp3) is 0.500. The van der Waals surface area contributed by atoms with E-state index in [0.717, 1.165) is 25.1 Å². The maximum atomic E-state index is 12.0. The summed E-state index contributed by atoms with van der Waals surface area (Å²) >= 11 is 5.87. The molecule has 1 heterocycles. The Bertz CT molecular complexity index is 379. The first kappa shape index (κ1) is 13.0. The Morgan fingerprint density at radius 3 is 2.69 bits per heavy atom. The molecule has 0 atom stereocenters. The number of pyridine rings is 1. The van der Waals surface area contributed by atoms with Gasteiger partial charge in [0.25, 0.3) is 5.91 Å². The molecule has 0 aliphatic rings. The summed E-state index contributed by atoms with van der Waals surface area (Å²) in [4.78, 5) is 17.8. The molecule has 1 aromatic rings. The third kappa shape index (κ3) is 3.20. The normalized spacial score (nSPS) is 10.2. The summed E-state index contributed by atoms with van der Waals surface area (Å²) in [6.45, 7) is 4.78. The van der Waals surface area contributed by atoms with Crippen LogP contribution in [0, 0.1) is 0 Å². The molecule has 0 N–H and O–H groups in total. The first-order valence-electron chi connectivity index (χ1n) is 5.50. The fourth-order valence-electron chi connectivity index (χ4n) is 1.51. The summed E-state index contributed by atoms with van der Waals surface area (Å²) in [5.74, 6) is 0.000787. The number of halogens is 1. The van der Waals surface area contributed by atoms with Gasteiger partial charge in [0.05, 0.1) is 0 Å². The molecule has 16 heavy (non-hydrogen) atoms. The van der Waals surface area contributed by atoms with Crippen LogP contribution in [0.2, 0.25) is 5.15 Å². The van der Waals surface area contributed by atoms with Crippen molar-refractivity contribution >= 4 is 17.5 Å². The third-order valence-electron chi connectivity index (χ3n) is 2.36. The number of hydrogen-bond acceptors (Lipinski definition) is 2. The molecule has 0 spiro atoms. The molecule has 3 nitrogen and oxygen atoms in total. The summed E-state index contributed by atoms with van der Waals surface area (Å²) in [7, 11) is 1.80. The molecule has 0 radical (unpaired) electrons. The van der Waals surface area contributed by atoms with E-state index in [2.05, 4.69) is 4.98 Å². The van der Waals surface area contributed by atoms with Crippen molar-refractivity contribution in [2.24, 2.45) is 0 Å². The van der Waals surface area contributed by atoms with Gasteiger partial charge in [0.2, 0.25) is 0 Å². The fourth-order valence-corrected chi connectivity index (χ4v) is 1.74. The second-order valence-electron chi connectivity index (χ2n) is 3.75. The van der Waals surface area contributed by atoms with E-state index in [0.29, 0.717) is 10.7 Å². The van der Waals surface area contributed by atoms with Gasteiger partial charge in [0.15, 0.2) is 0 Å². The highest BCUT2D eigenvalue weighted by Crippen LogP contribution is 2.13. The van der Waals surface area contributed by atoms with Gasteiger partial charge in [-0.2, -0.15) is 0 Å². The molecule has 0 aromatic carbocycles. The highest BCUT2D eigenvalue weighted by Gasteiger charge is 2.12. The van der Waals surface area contributed by atoms with Gasteiger partial charge >= 0.3 is 0 Å². The first-order chi connectivity index (χ1) is 7.58. The lowest BCUT2D eigenvalue weighted by Crippen LogP contribution is -2.27. The van der Waals surface area contributed by atoms with Crippen LogP contribution in [0.4, 0.5) is 0 Å². The Balaban J connectivity index is 2.94. The Hall–Kier alpha value is -1.09. The maximum Gasteiger partial charge on any atom is 0.253 e. The molecule has 0 saturated heterocycles. The highest BCUT2D eigenvalue weighted by molar-refractivity contribution is 6.29. The zero-order chi connectivity index (χ0) is 12.1. The quantitative estimate of drug-likeness (QED) is 0.759. The minimum absolute atomic E-state index is 0.000787. The van der Waals surface area contributed by atoms with Crippen molar-refractivity contribution in [2.75, 3.05) is 13.6 Å². The molecular formula is C12H17ClN2O. The van der Waals surface area contributed by atoms with E-state index in [9.17, 15) is 4.79 Å². The molecule has 0 aliphatic carbocycles. The molecule has 0 fully saturated rings. The number of aryl methyl sites for hydroxylation is 1. The van der Waals surface area contributed by atoms with Crippen LogP contribution in [-0.2, 0) is 6.42 Å². The van der Waals surface area contributed by atoms with Crippen molar-refractivity contribution < 1.29 is 4.79 Å². The first-order valence-corrected chi connectivity index (χ1v) is 5.88. The van der Waals surface area contributed by atoms with Crippen molar-refractivity contribution in [3.63, 3.8) is 0 Å². The summed E-state index contributed by atoms with van der Waals surface area (Å²) in [6.07, 6.45) is 1.72. The van der Waals surface area contributed by atoms with E-state index >= 15 is 0 Å². The predicted octanol–water partition coefficient (Wildman–Crippen LogP) is 2.78. The monoisotopic (exact) mass is 240 g/mol. The number of amides is 1. The van der Waals surface area contributed by atoms with Crippen molar-refractivity contribution in [2.45, 2.75) is 26.7 Å². The lowest BCUT2D eigenvalue weighted by Gasteiger charge is -2.16. The highest BCUT2D eigenvalue weighted by atomic mass is 35.5. The van der Waals surface area contributed by atoms with Crippen molar-refractivity contribution in [1.29, 1.82) is 0 Å². The second-order valence-corrected chi connectivity index (χ2v) is 4.14. The zero-order valence-corrected chi connectivity index (χ0v) is 10.7. The van der Waals surface area contributed by atoms with Crippen LogP contribution < -0.4 is 0 Å². The SMILES string of the molecule is CCCN(C)C(=O)c1cc(Cl)nc(CC)c1. The van der Waals surface area contributed by atoms with E-state index in [-0.39, 0.29) is 5.91 Å². The summed E-state index contributed by atoms with van der Waals surface area (Å²) in [5.41, 5.74) is 1.47. The van der Waals surface area contributed by atoms with Crippen molar-refractivity contribution in [1.82, 2.24) is 9.88 Å². The largest absolute Gasteiger partial charge is 0.342 e. The van der Waals surface area contributed by atoms with Gasteiger partial charge in [-0.1, -0.05) is 25.4 Å². The van der Waals surface area contributed by atoms with Gasteiger partial charge in [0.1, 0.15) is 5.15 Å². The van der Waals surface area contributed by atoms with Crippen LogP contribution in [0.15, 0.2) is 12.1 Å². The van der Waals surface area contributed by atoms with Gasteiger partial charge in [-0.05, 0) is 25.0 Å². The molecule has 1 rings (SSSR count). The summed E-state index contributed by atoms with van der Waals surface area (Å²) in [5, 5.41) is 0.382. The molecule has 0 aliphatic heterocycles. The molecule has 0 saturated carbocycles. The van der Waals surface area contributed by atoms with Gasteiger partial charge < -0.3 is 4.90 Å². The maximum absolute atomic E-state index is 12.0. The number of hydrogen-bond donors (Lipinski definition) is 0. The summed E-state index contributed by atoms with van der Waals surface area (Å²) < 4.78 is 0. The number of nitrogens with zero attached hydrogens (tertiary/aromatic N) is 2. The van der Waals surface area contributed by atoms with E-state index in [1.165, 1.54) is 0 Å². The lowest BCUT2D eigenvalue weighted by atomic mass is 10.2. The van der Waals surface area contributed by atoms with Crippen LogP contribution in [0.1, 0.15) is 36.3 Å². The van der Waals surface area contributed by atoms with E-state index in [1.807, 2.05) is 13.8 Å². The Morgan fingerprint density at radius 1 is 1.44 bits per heavy atom. The standard InChI is InChI=1S/C12H17ClN2O/c1-4-6-15(3)12(16)9-7-10(5-2)14-11(13)8-9/h7-8H,4-6H2,1-3H3. The smallest absolute Gasteiger partial charge is 0.253 e. The predicted molar refractivity (Wildman–Crippen MR) is 65.9 cm³/mol. The minimum Gasteiger partial charge on any atom is -0.342 e. The molecule has 4 heteroatoms.